The van der Waals surface area contributed by atoms with Crippen molar-refractivity contribution in [2.45, 2.75) is 19.8 Å². The average molecular weight is 212 g/mol. The molecule has 0 aliphatic heterocycles. The van der Waals surface area contributed by atoms with Crippen LogP contribution in [0.15, 0.2) is 28.7 Å². The molecule has 0 N–H and O–H groups in total. The van der Waals surface area contributed by atoms with Gasteiger partial charge in [-0.15, -0.1) is 0 Å². The smallest absolute Gasteiger partial charge is 0.0177 e. The summed E-state index contributed by atoms with van der Waals surface area (Å²) in [6.45, 7) is 2.10. The maximum atomic E-state index is 3.44. The molecule has 0 aromatic heterocycles. The highest BCUT2D eigenvalue weighted by atomic mass is 79.9. The van der Waals surface area contributed by atoms with Crippen LogP contribution in [0.3, 0.4) is 0 Å². The van der Waals surface area contributed by atoms with Crippen molar-refractivity contribution in [3.63, 3.8) is 0 Å². The molecule has 1 radical (unpaired) electrons. The van der Waals surface area contributed by atoms with Crippen molar-refractivity contribution in [2.24, 2.45) is 0 Å². The minimum Gasteiger partial charge on any atom is -0.0622 e. The quantitative estimate of drug-likeness (QED) is 0.717. The molecule has 0 unspecified atom stereocenters. The van der Waals surface area contributed by atoms with E-state index in [-0.39, 0.29) is 0 Å². The molecule has 0 saturated heterocycles. The van der Waals surface area contributed by atoms with Gasteiger partial charge in [-0.25, -0.2) is 0 Å². The second kappa shape index (κ2) is 4.55. The zero-order chi connectivity index (χ0) is 8.10. The SMILES string of the molecule is C[CH]CCc1cccc(Br)c1. The Morgan fingerprint density at radius 1 is 1.45 bits per heavy atom. The summed E-state index contributed by atoms with van der Waals surface area (Å²) in [4.78, 5) is 0. The normalized spacial score (nSPS) is 10.0. The van der Waals surface area contributed by atoms with Gasteiger partial charge in [0.25, 0.3) is 0 Å². The summed E-state index contributed by atoms with van der Waals surface area (Å²) in [5, 5.41) is 0. The van der Waals surface area contributed by atoms with E-state index in [9.17, 15) is 0 Å². The molecule has 59 valence electrons. The minimum absolute atomic E-state index is 1.15. The van der Waals surface area contributed by atoms with E-state index in [1.54, 1.807) is 0 Å². The molecule has 11 heavy (non-hydrogen) atoms. The monoisotopic (exact) mass is 211 g/mol. The number of benzene rings is 1. The Balaban J connectivity index is 2.56. The molecule has 0 fully saturated rings. The fourth-order valence-electron chi connectivity index (χ4n) is 1.00. The number of rotatable bonds is 3. The van der Waals surface area contributed by atoms with Crippen LogP contribution in [0, 0.1) is 6.42 Å². The standard InChI is InChI=1S/C10H12Br/c1-2-3-5-9-6-4-7-10(11)8-9/h2,4,6-8H,3,5H2,1H3. The Morgan fingerprint density at radius 3 is 2.91 bits per heavy atom. The average Bonchev–Trinajstić information content (AvgIpc) is 2.01. The van der Waals surface area contributed by atoms with Crippen molar-refractivity contribution < 1.29 is 0 Å². The van der Waals surface area contributed by atoms with E-state index in [1.807, 2.05) is 0 Å². The van der Waals surface area contributed by atoms with Crippen LogP contribution >= 0.6 is 15.9 Å². The Bertz CT molecular complexity index is 218. The second-order valence-electron chi connectivity index (χ2n) is 2.58. The molecule has 0 saturated carbocycles. The van der Waals surface area contributed by atoms with Gasteiger partial charge in [0.2, 0.25) is 0 Å². The third-order valence-electron chi connectivity index (χ3n) is 1.61. The van der Waals surface area contributed by atoms with Gasteiger partial charge in [0, 0.05) is 4.47 Å². The summed E-state index contributed by atoms with van der Waals surface area (Å²) in [5.41, 5.74) is 1.40. The van der Waals surface area contributed by atoms with Crippen LogP contribution in [0.4, 0.5) is 0 Å². The molecule has 0 heterocycles. The fraction of sp³-hybridized carbons (Fsp3) is 0.300. The first kappa shape index (κ1) is 8.79. The Labute approximate surface area is 76.8 Å². The summed E-state index contributed by atoms with van der Waals surface area (Å²) in [7, 11) is 0. The van der Waals surface area contributed by atoms with Gasteiger partial charge in [-0.2, -0.15) is 0 Å². The second-order valence-corrected chi connectivity index (χ2v) is 3.49. The van der Waals surface area contributed by atoms with Crippen LogP contribution in [-0.4, -0.2) is 0 Å². The number of unbranched alkanes of at least 4 members (excludes halogenated alkanes) is 1. The van der Waals surface area contributed by atoms with Crippen molar-refractivity contribution in [3.8, 4) is 0 Å². The van der Waals surface area contributed by atoms with Gasteiger partial charge < -0.3 is 0 Å². The van der Waals surface area contributed by atoms with E-state index in [0.29, 0.717) is 0 Å². The molecule has 1 rings (SSSR count). The van der Waals surface area contributed by atoms with E-state index < -0.39 is 0 Å². The van der Waals surface area contributed by atoms with Crippen molar-refractivity contribution >= 4 is 15.9 Å². The number of hydrogen-bond donors (Lipinski definition) is 0. The van der Waals surface area contributed by atoms with Crippen molar-refractivity contribution in [1.82, 2.24) is 0 Å². The summed E-state index contributed by atoms with van der Waals surface area (Å²) in [6, 6.07) is 8.46. The molecule has 0 amide bonds. The van der Waals surface area contributed by atoms with Crippen molar-refractivity contribution in [2.75, 3.05) is 0 Å². The third kappa shape index (κ3) is 3.06. The Hall–Kier alpha value is -0.300. The summed E-state index contributed by atoms with van der Waals surface area (Å²) >= 11 is 3.44. The van der Waals surface area contributed by atoms with E-state index in [0.717, 1.165) is 12.8 Å². The van der Waals surface area contributed by atoms with Gasteiger partial charge in [-0.1, -0.05) is 35.0 Å². The molecule has 0 atom stereocenters. The molecule has 1 heteroatoms. The van der Waals surface area contributed by atoms with Crippen LogP contribution in [0.25, 0.3) is 0 Å². The highest BCUT2D eigenvalue weighted by molar-refractivity contribution is 9.10. The molecule has 1 aromatic rings. The van der Waals surface area contributed by atoms with E-state index >= 15 is 0 Å². The van der Waals surface area contributed by atoms with Crippen LogP contribution in [0.1, 0.15) is 18.9 Å². The topological polar surface area (TPSA) is 0 Å². The number of aryl methyl sites for hydroxylation is 1. The highest BCUT2D eigenvalue weighted by Crippen LogP contribution is 2.13. The molecule has 0 aliphatic carbocycles. The minimum atomic E-state index is 1.15. The highest BCUT2D eigenvalue weighted by Gasteiger charge is 1.91. The molecule has 0 nitrogen and oxygen atoms in total. The lowest BCUT2D eigenvalue weighted by Crippen LogP contribution is -1.83. The molecule has 1 aromatic carbocycles. The predicted octanol–water partition coefficient (Wildman–Crippen LogP) is 3.61. The molecule has 0 aliphatic rings. The maximum absolute atomic E-state index is 3.44. The van der Waals surface area contributed by atoms with Gasteiger partial charge in [0.15, 0.2) is 0 Å². The van der Waals surface area contributed by atoms with Crippen LogP contribution in [-0.2, 0) is 6.42 Å². The lowest BCUT2D eigenvalue weighted by molar-refractivity contribution is 0.936. The van der Waals surface area contributed by atoms with Gasteiger partial charge >= 0.3 is 0 Å². The molecular formula is C10H12Br. The first-order chi connectivity index (χ1) is 5.33. The van der Waals surface area contributed by atoms with Gasteiger partial charge in [0.05, 0.1) is 0 Å². The van der Waals surface area contributed by atoms with Gasteiger partial charge in [0.1, 0.15) is 0 Å². The van der Waals surface area contributed by atoms with Gasteiger partial charge in [-0.05, 0) is 37.0 Å². The molecule has 0 bridgehead atoms. The van der Waals surface area contributed by atoms with Crippen LogP contribution in [0.2, 0.25) is 0 Å². The van der Waals surface area contributed by atoms with Crippen LogP contribution in [0.5, 0.6) is 0 Å². The van der Waals surface area contributed by atoms with E-state index in [2.05, 4.69) is 53.5 Å². The Kier molecular flexibility index (Phi) is 3.64. The summed E-state index contributed by atoms with van der Waals surface area (Å²) in [6.07, 6.45) is 4.51. The van der Waals surface area contributed by atoms with Crippen LogP contribution < -0.4 is 0 Å². The summed E-state index contributed by atoms with van der Waals surface area (Å²) in [5.74, 6) is 0. The third-order valence-corrected chi connectivity index (χ3v) is 2.10. The fourth-order valence-corrected chi connectivity index (χ4v) is 1.45. The Morgan fingerprint density at radius 2 is 2.27 bits per heavy atom. The first-order valence-electron chi connectivity index (χ1n) is 3.85. The molecular weight excluding hydrogens is 200 g/mol. The summed E-state index contributed by atoms with van der Waals surface area (Å²) < 4.78 is 1.17. The maximum Gasteiger partial charge on any atom is 0.0177 e. The lowest BCUT2D eigenvalue weighted by atomic mass is 10.1. The van der Waals surface area contributed by atoms with Crippen molar-refractivity contribution in [1.29, 1.82) is 0 Å². The van der Waals surface area contributed by atoms with E-state index in [1.165, 1.54) is 10.0 Å². The lowest BCUT2D eigenvalue weighted by Gasteiger charge is -1.98. The first-order valence-corrected chi connectivity index (χ1v) is 4.64. The van der Waals surface area contributed by atoms with E-state index in [4.69, 9.17) is 0 Å². The number of halogens is 1. The largest absolute Gasteiger partial charge is 0.0622 e. The van der Waals surface area contributed by atoms with Crippen molar-refractivity contribution in [3.05, 3.63) is 40.7 Å². The zero-order valence-corrected chi connectivity index (χ0v) is 8.26. The van der Waals surface area contributed by atoms with Gasteiger partial charge in [-0.3, -0.25) is 0 Å². The predicted molar refractivity (Wildman–Crippen MR) is 52.4 cm³/mol. The zero-order valence-electron chi connectivity index (χ0n) is 6.68. The molecule has 0 spiro atoms. The number of hydrogen-bond acceptors (Lipinski definition) is 0.